The van der Waals surface area contributed by atoms with Gasteiger partial charge in [0.2, 0.25) is 15.9 Å². The van der Waals surface area contributed by atoms with Crippen LogP contribution in [0, 0.1) is 0 Å². The molecule has 140 valence electrons. The normalized spacial score (nSPS) is 19.3. The van der Waals surface area contributed by atoms with Gasteiger partial charge in [0.15, 0.2) is 0 Å². The highest BCUT2D eigenvalue weighted by atomic mass is 32.2. The van der Waals surface area contributed by atoms with Crippen molar-refractivity contribution in [3.8, 4) is 5.88 Å². The highest BCUT2D eigenvalue weighted by molar-refractivity contribution is 7.89. The molecule has 1 fully saturated rings. The topological polar surface area (TPSA) is 72.4 Å². The summed E-state index contributed by atoms with van der Waals surface area (Å²) >= 11 is 0. The molecule has 26 heavy (non-hydrogen) atoms. The van der Waals surface area contributed by atoms with E-state index < -0.39 is 27.9 Å². The first-order valence-corrected chi connectivity index (χ1v) is 9.31. The van der Waals surface area contributed by atoms with Gasteiger partial charge in [-0.3, -0.25) is 0 Å². The first-order valence-electron chi connectivity index (χ1n) is 7.87. The number of ether oxygens (including phenoxy) is 1. The molecule has 0 amide bonds. The van der Waals surface area contributed by atoms with Crippen LogP contribution < -0.4 is 4.74 Å². The monoisotopic (exact) mass is 387 g/mol. The van der Waals surface area contributed by atoms with Crippen molar-refractivity contribution in [2.24, 2.45) is 0 Å². The second kappa shape index (κ2) is 7.20. The van der Waals surface area contributed by atoms with E-state index in [0.29, 0.717) is 24.8 Å². The van der Waals surface area contributed by atoms with Crippen molar-refractivity contribution in [1.82, 2.24) is 14.3 Å². The van der Waals surface area contributed by atoms with Crippen molar-refractivity contribution in [3.63, 3.8) is 0 Å². The summed E-state index contributed by atoms with van der Waals surface area (Å²) in [7, 11) is -4.05. The summed E-state index contributed by atoms with van der Waals surface area (Å²) in [5.74, 6) is 0.323. The van der Waals surface area contributed by atoms with Crippen LogP contribution in [0.3, 0.4) is 0 Å². The number of rotatable bonds is 4. The Morgan fingerprint density at radius 2 is 2.04 bits per heavy atom. The summed E-state index contributed by atoms with van der Waals surface area (Å²) in [5.41, 5.74) is -0.996. The predicted octanol–water partition coefficient (Wildman–Crippen LogP) is 2.73. The Bertz CT molecular complexity index is 860. The molecule has 10 heteroatoms. The Morgan fingerprint density at radius 1 is 1.23 bits per heavy atom. The van der Waals surface area contributed by atoms with Crippen LogP contribution >= 0.6 is 0 Å². The third-order valence-corrected chi connectivity index (χ3v) is 5.84. The minimum atomic E-state index is -4.61. The largest absolute Gasteiger partial charge is 0.473 e. The Morgan fingerprint density at radius 3 is 2.73 bits per heavy atom. The van der Waals surface area contributed by atoms with E-state index >= 15 is 0 Å². The van der Waals surface area contributed by atoms with Crippen molar-refractivity contribution in [2.45, 2.75) is 30.0 Å². The van der Waals surface area contributed by atoms with E-state index in [1.165, 1.54) is 18.6 Å². The van der Waals surface area contributed by atoms with Gasteiger partial charge in [0.25, 0.3) is 0 Å². The molecule has 1 aromatic heterocycles. The molecule has 1 aromatic carbocycles. The summed E-state index contributed by atoms with van der Waals surface area (Å²) in [6.45, 7) is 0.269. The van der Waals surface area contributed by atoms with Gasteiger partial charge in [0, 0.05) is 18.8 Å². The first kappa shape index (κ1) is 18.6. The van der Waals surface area contributed by atoms with Crippen LogP contribution in [0.2, 0.25) is 0 Å². The standard InChI is InChI=1S/C16H16F3N3O3S/c17-16(18,19)12-3-1-5-14(9-12)26(23,24)22-8-2-4-13(10-22)25-15-6-7-20-11-21-15/h1,3,5-7,9,11,13H,2,4,8,10H2. The zero-order valence-corrected chi connectivity index (χ0v) is 14.4. The average Bonchev–Trinajstić information content (AvgIpc) is 2.62. The number of piperidine rings is 1. The van der Waals surface area contributed by atoms with Gasteiger partial charge >= 0.3 is 6.18 Å². The second-order valence-corrected chi connectivity index (χ2v) is 7.76. The predicted molar refractivity (Wildman–Crippen MR) is 85.9 cm³/mol. The third kappa shape index (κ3) is 4.13. The molecule has 1 aliphatic heterocycles. The Hall–Kier alpha value is -2.20. The Labute approximate surface area is 148 Å². The summed E-state index contributed by atoms with van der Waals surface area (Å²) < 4.78 is 70.9. The molecule has 0 saturated carbocycles. The van der Waals surface area contributed by atoms with Crippen LogP contribution in [0.15, 0.2) is 47.8 Å². The van der Waals surface area contributed by atoms with Crippen LogP contribution in [0.4, 0.5) is 13.2 Å². The molecule has 0 spiro atoms. The molecule has 0 aliphatic carbocycles. The fourth-order valence-electron chi connectivity index (χ4n) is 2.72. The molecular formula is C16H16F3N3O3S. The molecule has 0 bridgehead atoms. The van der Waals surface area contributed by atoms with Crippen LogP contribution in [-0.4, -0.2) is 41.9 Å². The van der Waals surface area contributed by atoms with Crippen LogP contribution in [-0.2, 0) is 16.2 Å². The Kier molecular flexibility index (Phi) is 5.15. The SMILES string of the molecule is O=S(=O)(c1cccc(C(F)(F)F)c1)N1CCCC(Oc2ccncn2)C1. The molecular weight excluding hydrogens is 371 g/mol. The van der Waals surface area contributed by atoms with Gasteiger partial charge in [-0.15, -0.1) is 0 Å². The maximum Gasteiger partial charge on any atom is 0.416 e. The minimum Gasteiger partial charge on any atom is -0.473 e. The highest BCUT2D eigenvalue weighted by Crippen LogP contribution is 2.31. The lowest BCUT2D eigenvalue weighted by atomic mass is 10.1. The van der Waals surface area contributed by atoms with E-state index in [1.54, 1.807) is 6.07 Å². The Balaban J connectivity index is 1.79. The summed E-state index contributed by atoms with van der Waals surface area (Å²) in [5, 5.41) is 0. The number of halogens is 3. The fourth-order valence-corrected chi connectivity index (χ4v) is 4.28. The van der Waals surface area contributed by atoms with Crippen LogP contribution in [0.5, 0.6) is 5.88 Å². The molecule has 2 aromatic rings. The lowest BCUT2D eigenvalue weighted by Gasteiger charge is -2.31. The summed E-state index contributed by atoms with van der Waals surface area (Å²) in [4.78, 5) is 7.32. The summed E-state index contributed by atoms with van der Waals surface area (Å²) in [6, 6.07) is 5.31. The molecule has 1 unspecified atom stereocenters. The number of hydrogen-bond donors (Lipinski definition) is 0. The third-order valence-electron chi connectivity index (χ3n) is 3.98. The number of nitrogens with zero attached hydrogens (tertiary/aromatic N) is 3. The molecule has 6 nitrogen and oxygen atoms in total. The van der Waals surface area contributed by atoms with E-state index in [1.807, 2.05) is 0 Å². The van der Waals surface area contributed by atoms with Crippen LogP contribution in [0.1, 0.15) is 18.4 Å². The van der Waals surface area contributed by atoms with E-state index in [9.17, 15) is 21.6 Å². The van der Waals surface area contributed by atoms with Crippen molar-refractivity contribution >= 4 is 10.0 Å². The number of sulfonamides is 1. The van der Waals surface area contributed by atoms with Gasteiger partial charge in [0.1, 0.15) is 12.4 Å². The van der Waals surface area contributed by atoms with Crippen molar-refractivity contribution in [3.05, 3.63) is 48.4 Å². The molecule has 1 saturated heterocycles. The number of hydrogen-bond acceptors (Lipinski definition) is 5. The quantitative estimate of drug-likeness (QED) is 0.807. The molecule has 0 N–H and O–H groups in total. The molecule has 1 aliphatic rings. The zero-order chi connectivity index (χ0) is 18.8. The number of alkyl halides is 3. The van der Waals surface area contributed by atoms with E-state index in [-0.39, 0.29) is 18.0 Å². The van der Waals surface area contributed by atoms with Crippen LogP contribution in [0.25, 0.3) is 0 Å². The molecule has 3 rings (SSSR count). The fraction of sp³-hybridized carbons (Fsp3) is 0.375. The van der Waals surface area contributed by atoms with Crippen molar-refractivity contribution in [1.29, 1.82) is 0 Å². The maximum absolute atomic E-state index is 12.9. The maximum atomic E-state index is 12.9. The molecule has 0 radical (unpaired) electrons. The van der Waals surface area contributed by atoms with E-state index in [0.717, 1.165) is 16.4 Å². The van der Waals surface area contributed by atoms with Gasteiger partial charge in [0.05, 0.1) is 17.0 Å². The van der Waals surface area contributed by atoms with Gasteiger partial charge in [-0.05, 0) is 31.0 Å². The van der Waals surface area contributed by atoms with Gasteiger partial charge in [-0.25, -0.2) is 18.4 Å². The molecule has 2 heterocycles. The van der Waals surface area contributed by atoms with Gasteiger partial charge in [-0.2, -0.15) is 17.5 Å². The van der Waals surface area contributed by atoms with Gasteiger partial charge in [-0.1, -0.05) is 6.07 Å². The van der Waals surface area contributed by atoms with Gasteiger partial charge < -0.3 is 4.74 Å². The lowest BCUT2D eigenvalue weighted by Crippen LogP contribution is -2.44. The van der Waals surface area contributed by atoms with E-state index in [4.69, 9.17) is 4.74 Å². The summed E-state index contributed by atoms with van der Waals surface area (Å²) in [6.07, 6.45) is -1.06. The first-order chi connectivity index (χ1) is 12.3. The zero-order valence-electron chi connectivity index (χ0n) is 13.6. The highest BCUT2D eigenvalue weighted by Gasteiger charge is 2.35. The molecule has 1 atom stereocenters. The smallest absolute Gasteiger partial charge is 0.416 e. The van der Waals surface area contributed by atoms with E-state index in [2.05, 4.69) is 9.97 Å². The lowest BCUT2D eigenvalue weighted by molar-refractivity contribution is -0.137. The second-order valence-electron chi connectivity index (χ2n) is 5.82. The van der Waals surface area contributed by atoms with Crippen molar-refractivity contribution < 1.29 is 26.3 Å². The number of aromatic nitrogens is 2. The number of benzene rings is 1. The average molecular weight is 387 g/mol. The minimum absolute atomic E-state index is 0.0442. The van der Waals surface area contributed by atoms with Crippen molar-refractivity contribution in [2.75, 3.05) is 13.1 Å².